The molecule has 0 aliphatic rings. The number of thiol groups is 1. The molecule has 1 atom stereocenters. The van der Waals surface area contributed by atoms with Gasteiger partial charge in [0.2, 0.25) is 12.3 Å². The molecule has 3 N–H and O–H groups in total. The standard InChI is InChI=1S/C17H32N2O6S2/c1-17(2,25-26)12-24-9-5-10-27-11-7-15(21)19-14(16(22)23)6-3-4-8-18-13-20/h13-14,26H,3-12H2,1-2H3,(H,18,20)(H,19,21)(H,22,23). The number of rotatable bonds is 18. The highest BCUT2D eigenvalue weighted by molar-refractivity contribution is 7.99. The van der Waals surface area contributed by atoms with Crippen LogP contribution in [0.25, 0.3) is 0 Å². The zero-order valence-electron chi connectivity index (χ0n) is 16.1. The number of carboxylic acid groups (broad SMARTS) is 1. The van der Waals surface area contributed by atoms with Crippen molar-refractivity contribution in [3.05, 3.63) is 0 Å². The van der Waals surface area contributed by atoms with Crippen LogP contribution in [0, 0.1) is 0 Å². The predicted molar refractivity (Wildman–Crippen MR) is 109 cm³/mol. The quantitative estimate of drug-likeness (QED) is 0.114. The van der Waals surface area contributed by atoms with E-state index in [9.17, 15) is 19.5 Å². The van der Waals surface area contributed by atoms with E-state index in [2.05, 4.69) is 23.5 Å². The third kappa shape index (κ3) is 15.8. The lowest BCUT2D eigenvalue weighted by Crippen LogP contribution is -2.41. The van der Waals surface area contributed by atoms with Crippen LogP contribution in [0.4, 0.5) is 0 Å². The second-order valence-corrected chi connectivity index (χ2v) is 8.05. The van der Waals surface area contributed by atoms with Crippen molar-refractivity contribution in [2.45, 2.75) is 57.6 Å². The third-order valence-electron chi connectivity index (χ3n) is 3.53. The van der Waals surface area contributed by atoms with E-state index in [4.69, 9.17) is 8.92 Å². The Morgan fingerprint density at radius 1 is 1.26 bits per heavy atom. The van der Waals surface area contributed by atoms with Gasteiger partial charge in [-0.1, -0.05) is 0 Å². The smallest absolute Gasteiger partial charge is 0.326 e. The molecule has 0 bridgehead atoms. The molecule has 0 spiro atoms. The Bertz CT molecular complexity index is 438. The highest BCUT2D eigenvalue weighted by atomic mass is 32.2. The minimum absolute atomic E-state index is 0.259. The fourth-order valence-corrected chi connectivity index (χ4v) is 2.94. The molecule has 0 aromatic carbocycles. The second-order valence-electron chi connectivity index (χ2n) is 6.65. The molecule has 1 unspecified atom stereocenters. The molecular weight excluding hydrogens is 392 g/mol. The van der Waals surface area contributed by atoms with E-state index in [1.807, 2.05) is 13.8 Å². The minimum Gasteiger partial charge on any atom is -0.480 e. The van der Waals surface area contributed by atoms with E-state index >= 15 is 0 Å². The summed E-state index contributed by atoms with van der Waals surface area (Å²) < 4.78 is 10.5. The maximum Gasteiger partial charge on any atom is 0.326 e. The van der Waals surface area contributed by atoms with Crippen molar-refractivity contribution in [1.29, 1.82) is 0 Å². The summed E-state index contributed by atoms with van der Waals surface area (Å²) in [6.07, 6.45) is 3.38. The Morgan fingerprint density at radius 2 is 2.00 bits per heavy atom. The number of ether oxygens (including phenoxy) is 1. The molecule has 0 aromatic rings. The molecule has 0 aliphatic heterocycles. The number of carbonyl (C=O) groups excluding carboxylic acids is 2. The summed E-state index contributed by atoms with van der Waals surface area (Å²) in [5.41, 5.74) is -0.417. The summed E-state index contributed by atoms with van der Waals surface area (Å²) in [6.45, 7) is 5.36. The summed E-state index contributed by atoms with van der Waals surface area (Å²) >= 11 is 5.42. The van der Waals surface area contributed by atoms with Crippen LogP contribution < -0.4 is 10.6 Å². The SMILES string of the molecule is CC(C)(COCCCSCCC(=O)NC(CCCCNC=O)C(=O)O)OS. The highest BCUT2D eigenvalue weighted by Crippen LogP contribution is 2.12. The summed E-state index contributed by atoms with van der Waals surface area (Å²) in [7, 11) is 0. The lowest BCUT2D eigenvalue weighted by atomic mass is 10.1. The number of carbonyl (C=O) groups is 3. The summed E-state index contributed by atoms with van der Waals surface area (Å²) in [4.78, 5) is 33.2. The number of amides is 2. The van der Waals surface area contributed by atoms with Gasteiger partial charge in [0, 0.05) is 25.3 Å². The van der Waals surface area contributed by atoms with Gasteiger partial charge in [0.15, 0.2) is 0 Å². The molecule has 27 heavy (non-hydrogen) atoms. The van der Waals surface area contributed by atoms with Gasteiger partial charge in [-0.3, -0.25) is 9.59 Å². The van der Waals surface area contributed by atoms with E-state index in [1.54, 1.807) is 11.8 Å². The van der Waals surface area contributed by atoms with Gasteiger partial charge >= 0.3 is 5.97 Å². The van der Waals surface area contributed by atoms with Crippen LogP contribution >= 0.6 is 24.7 Å². The van der Waals surface area contributed by atoms with E-state index in [0.29, 0.717) is 51.2 Å². The second kappa shape index (κ2) is 16.0. The Balaban J connectivity index is 3.74. The normalized spacial score (nSPS) is 12.4. The number of nitrogens with one attached hydrogen (secondary N) is 2. The molecule has 0 saturated heterocycles. The van der Waals surface area contributed by atoms with Crippen molar-refractivity contribution >= 4 is 43.0 Å². The minimum atomic E-state index is -1.04. The Morgan fingerprint density at radius 3 is 2.63 bits per heavy atom. The molecule has 0 fully saturated rings. The van der Waals surface area contributed by atoms with Crippen LogP contribution in [0.1, 0.15) is 46.0 Å². The summed E-state index contributed by atoms with van der Waals surface area (Å²) in [6, 6.07) is -0.885. The van der Waals surface area contributed by atoms with Gasteiger partial charge in [-0.15, -0.1) is 0 Å². The number of unbranched alkanes of at least 4 members (excludes halogenated alkanes) is 1. The Kier molecular flexibility index (Phi) is 15.5. The molecular formula is C17H32N2O6S2. The van der Waals surface area contributed by atoms with E-state index < -0.39 is 17.6 Å². The van der Waals surface area contributed by atoms with Gasteiger partial charge in [-0.05, 0) is 58.2 Å². The maximum absolute atomic E-state index is 11.9. The number of hydrogen-bond acceptors (Lipinski definition) is 7. The first-order valence-electron chi connectivity index (χ1n) is 8.99. The van der Waals surface area contributed by atoms with Gasteiger partial charge in [0.1, 0.15) is 11.6 Å². The van der Waals surface area contributed by atoms with E-state index in [0.717, 1.165) is 12.2 Å². The third-order valence-corrected chi connectivity index (χ3v) is 5.09. The number of carboxylic acids is 1. The van der Waals surface area contributed by atoms with Crippen molar-refractivity contribution < 1.29 is 28.4 Å². The first kappa shape index (κ1) is 26.0. The summed E-state index contributed by atoms with van der Waals surface area (Å²) in [5.74, 6) is 0.197. The lowest BCUT2D eigenvalue weighted by molar-refractivity contribution is -0.142. The maximum atomic E-state index is 11.9. The van der Waals surface area contributed by atoms with Gasteiger partial charge in [-0.2, -0.15) is 11.8 Å². The average Bonchev–Trinajstić information content (AvgIpc) is 2.62. The molecule has 0 radical (unpaired) electrons. The van der Waals surface area contributed by atoms with Crippen LogP contribution in [-0.4, -0.2) is 66.3 Å². The van der Waals surface area contributed by atoms with Crippen molar-refractivity contribution in [1.82, 2.24) is 10.6 Å². The Hall–Kier alpha value is -0.970. The lowest BCUT2D eigenvalue weighted by Gasteiger charge is -2.20. The topological polar surface area (TPSA) is 114 Å². The molecule has 0 saturated carbocycles. The first-order chi connectivity index (χ1) is 12.8. The summed E-state index contributed by atoms with van der Waals surface area (Å²) in [5, 5.41) is 14.2. The fraction of sp³-hybridized carbons (Fsp3) is 0.824. The molecule has 10 heteroatoms. The van der Waals surface area contributed by atoms with Crippen LogP contribution in [-0.2, 0) is 23.3 Å². The van der Waals surface area contributed by atoms with Crippen LogP contribution in [0.5, 0.6) is 0 Å². The first-order valence-corrected chi connectivity index (χ1v) is 10.5. The largest absolute Gasteiger partial charge is 0.480 e. The number of thioether (sulfide) groups is 1. The number of hydrogen-bond donors (Lipinski definition) is 4. The van der Waals surface area contributed by atoms with Crippen molar-refractivity contribution in [3.63, 3.8) is 0 Å². The molecule has 0 aliphatic carbocycles. The monoisotopic (exact) mass is 424 g/mol. The van der Waals surface area contributed by atoms with Crippen LogP contribution in [0.2, 0.25) is 0 Å². The molecule has 8 nitrogen and oxygen atoms in total. The highest BCUT2D eigenvalue weighted by Gasteiger charge is 2.19. The van der Waals surface area contributed by atoms with Gasteiger partial charge in [-0.25, -0.2) is 4.79 Å². The average molecular weight is 425 g/mol. The number of aliphatic carboxylic acids is 1. The Labute approximate surface area is 171 Å². The van der Waals surface area contributed by atoms with Crippen LogP contribution in [0.15, 0.2) is 0 Å². The van der Waals surface area contributed by atoms with Crippen molar-refractivity contribution in [2.75, 3.05) is 31.3 Å². The fourth-order valence-electron chi connectivity index (χ4n) is 2.03. The zero-order valence-corrected chi connectivity index (χ0v) is 17.8. The van der Waals surface area contributed by atoms with Crippen LogP contribution in [0.3, 0.4) is 0 Å². The van der Waals surface area contributed by atoms with E-state index in [1.165, 1.54) is 0 Å². The van der Waals surface area contributed by atoms with Crippen molar-refractivity contribution in [2.24, 2.45) is 0 Å². The molecule has 0 heterocycles. The molecule has 0 rings (SSSR count). The van der Waals surface area contributed by atoms with Gasteiger partial charge in [0.05, 0.1) is 6.61 Å². The van der Waals surface area contributed by atoms with Gasteiger partial charge < -0.3 is 24.7 Å². The van der Waals surface area contributed by atoms with Crippen molar-refractivity contribution in [3.8, 4) is 0 Å². The molecule has 0 aromatic heterocycles. The molecule has 2 amide bonds. The van der Waals surface area contributed by atoms with E-state index in [-0.39, 0.29) is 12.3 Å². The zero-order chi connectivity index (χ0) is 20.5. The molecule has 158 valence electrons. The van der Waals surface area contributed by atoms with Gasteiger partial charge in [0.25, 0.3) is 0 Å². The predicted octanol–water partition coefficient (Wildman–Crippen LogP) is 1.64.